The molecule has 0 aliphatic heterocycles. The Bertz CT molecular complexity index is 524. The zero-order valence-corrected chi connectivity index (χ0v) is 12.3. The highest BCUT2D eigenvalue weighted by Gasteiger charge is 2.09. The van der Waals surface area contributed by atoms with Crippen LogP contribution in [-0.4, -0.2) is 4.98 Å². The maximum atomic E-state index is 5.72. The van der Waals surface area contributed by atoms with Gasteiger partial charge in [0.15, 0.2) is 0 Å². The third kappa shape index (κ3) is 4.02. The molecule has 1 atom stereocenters. The number of benzene rings is 1. The van der Waals surface area contributed by atoms with Crippen LogP contribution in [-0.2, 0) is 0 Å². The largest absolute Gasteiger partial charge is 0.271 e. The lowest BCUT2D eigenvalue weighted by atomic mass is 9.99. The van der Waals surface area contributed by atoms with Crippen LogP contribution in [0.5, 0.6) is 0 Å². The number of hydrogen-bond acceptors (Lipinski definition) is 3. The zero-order chi connectivity index (χ0) is 14.2. The molecular weight excluding hydrogens is 246 g/mol. The number of hydrazine groups is 1. The summed E-state index contributed by atoms with van der Waals surface area (Å²) < 4.78 is 0. The first-order valence-electron chi connectivity index (χ1n) is 7.66. The van der Waals surface area contributed by atoms with Gasteiger partial charge in [0.1, 0.15) is 0 Å². The number of fused-ring (bicyclic) bond motifs is 1. The third-order valence-corrected chi connectivity index (χ3v) is 3.83. The van der Waals surface area contributed by atoms with Gasteiger partial charge in [0.25, 0.3) is 0 Å². The fraction of sp³-hybridized carbons (Fsp3) is 0.471. The molecule has 0 saturated carbocycles. The van der Waals surface area contributed by atoms with E-state index >= 15 is 0 Å². The number of nitrogens with zero attached hydrogens (tertiary/aromatic N) is 1. The monoisotopic (exact) mass is 271 g/mol. The second-order valence-electron chi connectivity index (χ2n) is 5.38. The molecule has 1 heterocycles. The van der Waals surface area contributed by atoms with Gasteiger partial charge >= 0.3 is 0 Å². The van der Waals surface area contributed by atoms with Crippen LogP contribution in [0, 0.1) is 0 Å². The van der Waals surface area contributed by atoms with Crippen LogP contribution in [0.15, 0.2) is 36.5 Å². The summed E-state index contributed by atoms with van der Waals surface area (Å²) in [5.41, 5.74) is 5.24. The van der Waals surface area contributed by atoms with Crippen LogP contribution >= 0.6 is 0 Å². The molecule has 0 aliphatic carbocycles. The summed E-state index contributed by atoms with van der Waals surface area (Å²) in [6, 6.07) is 10.7. The van der Waals surface area contributed by atoms with Gasteiger partial charge in [-0.15, -0.1) is 0 Å². The van der Waals surface area contributed by atoms with E-state index in [1.165, 1.54) is 43.1 Å². The van der Waals surface area contributed by atoms with Gasteiger partial charge < -0.3 is 0 Å². The van der Waals surface area contributed by atoms with E-state index in [2.05, 4.69) is 41.6 Å². The first-order chi connectivity index (χ1) is 9.85. The van der Waals surface area contributed by atoms with E-state index < -0.39 is 0 Å². The molecule has 0 radical (unpaired) electrons. The Hall–Kier alpha value is -1.45. The van der Waals surface area contributed by atoms with Gasteiger partial charge in [-0.2, -0.15) is 0 Å². The molecular formula is C17H25N3. The summed E-state index contributed by atoms with van der Waals surface area (Å²) in [7, 11) is 0. The smallest absolute Gasteiger partial charge is 0.0702 e. The fourth-order valence-corrected chi connectivity index (χ4v) is 2.61. The first kappa shape index (κ1) is 14.9. The molecule has 3 heteroatoms. The Morgan fingerprint density at radius 1 is 1.15 bits per heavy atom. The van der Waals surface area contributed by atoms with Gasteiger partial charge in [-0.25, -0.2) is 0 Å². The molecule has 1 aromatic carbocycles. The molecule has 1 aromatic heterocycles. The van der Waals surface area contributed by atoms with Crippen molar-refractivity contribution in [3.63, 3.8) is 0 Å². The highest BCUT2D eigenvalue weighted by Crippen LogP contribution is 2.23. The average Bonchev–Trinajstić information content (AvgIpc) is 2.50. The molecule has 0 spiro atoms. The van der Waals surface area contributed by atoms with Crippen LogP contribution in [0.3, 0.4) is 0 Å². The topological polar surface area (TPSA) is 50.9 Å². The lowest BCUT2D eigenvalue weighted by molar-refractivity contribution is 0.479. The van der Waals surface area contributed by atoms with Crippen LogP contribution < -0.4 is 11.3 Å². The third-order valence-electron chi connectivity index (χ3n) is 3.83. The Morgan fingerprint density at radius 2 is 2.00 bits per heavy atom. The predicted molar refractivity (Wildman–Crippen MR) is 85.2 cm³/mol. The first-order valence-corrected chi connectivity index (χ1v) is 7.66. The molecule has 0 saturated heterocycles. The molecule has 3 nitrogen and oxygen atoms in total. The molecule has 2 rings (SSSR count). The minimum atomic E-state index is 0.237. The maximum absolute atomic E-state index is 5.72. The Labute approximate surface area is 121 Å². The molecule has 0 bridgehead atoms. The number of hydrogen-bond donors (Lipinski definition) is 2. The molecule has 108 valence electrons. The Balaban J connectivity index is 1.98. The van der Waals surface area contributed by atoms with Crippen LogP contribution in [0.1, 0.15) is 57.1 Å². The predicted octanol–water partition coefficient (Wildman–Crippen LogP) is 4.10. The van der Waals surface area contributed by atoms with Crippen molar-refractivity contribution < 1.29 is 0 Å². The average molecular weight is 271 g/mol. The Morgan fingerprint density at radius 3 is 2.80 bits per heavy atom. The standard InChI is InChI=1S/C17H25N3/c1-2-3-4-5-6-9-17(20-18)15-10-11-16-14(13-15)8-7-12-19-16/h7-8,10-13,17,20H,2-6,9,18H2,1H3. The van der Waals surface area contributed by atoms with E-state index in [-0.39, 0.29) is 6.04 Å². The molecule has 0 aliphatic rings. The summed E-state index contributed by atoms with van der Waals surface area (Å²) in [6.45, 7) is 2.24. The second kappa shape index (κ2) is 7.98. The molecule has 0 fully saturated rings. The van der Waals surface area contributed by atoms with Crippen molar-refractivity contribution in [1.29, 1.82) is 0 Å². The van der Waals surface area contributed by atoms with Crippen LogP contribution in [0.4, 0.5) is 0 Å². The van der Waals surface area contributed by atoms with Gasteiger partial charge in [0, 0.05) is 17.6 Å². The lowest BCUT2D eigenvalue weighted by Crippen LogP contribution is -2.27. The van der Waals surface area contributed by atoms with Gasteiger partial charge in [-0.05, 0) is 30.2 Å². The van der Waals surface area contributed by atoms with Crippen molar-refractivity contribution in [3.05, 3.63) is 42.1 Å². The molecule has 1 unspecified atom stereocenters. The zero-order valence-electron chi connectivity index (χ0n) is 12.3. The minimum Gasteiger partial charge on any atom is -0.271 e. The van der Waals surface area contributed by atoms with E-state index in [0.29, 0.717) is 0 Å². The van der Waals surface area contributed by atoms with Crippen molar-refractivity contribution in [2.75, 3.05) is 0 Å². The number of nitrogens with one attached hydrogen (secondary N) is 1. The summed E-state index contributed by atoms with van der Waals surface area (Å²) in [6.07, 6.45) is 9.38. The SMILES string of the molecule is CCCCCCCC(NN)c1ccc2ncccc2c1. The normalized spacial score (nSPS) is 12.7. The van der Waals surface area contributed by atoms with Crippen molar-refractivity contribution in [3.8, 4) is 0 Å². The lowest BCUT2D eigenvalue weighted by Gasteiger charge is -2.16. The minimum absolute atomic E-state index is 0.237. The molecule has 3 N–H and O–H groups in total. The van der Waals surface area contributed by atoms with E-state index in [4.69, 9.17) is 5.84 Å². The number of aromatic nitrogens is 1. The van der Waals surface area contributed by atoms with Crippen molar-refractivity contribution >= 4 is 10.9 Å². The van der Waals surface area contributed by atoms with Crippen LogP contribution in [0.2, 0.25) is 0 Å². The number of rotatable bonds is 8. The van der Waals surface area contributed by atoms with Crippen molar-refractivity contribution in [2.45, 2.75) is 51.5 Å². The quantitative estimate of drug-likeness (QED) is 0.432. The summed E-state index contributed by atoms with van der Waals surface area (Å²) in [4.78, 5) is 4.35. The van der Waals surface area contributed by atoms with Crippen molar-refractivity contribution in [2.24, 2.45) is 5.84 Å². The molecule has 2 aromatic rings. The van der Waals surface area contributed by atoms with Gasteiger partial charge in [0.2, 0.25) is 0 Å². The number of unbranched alkanes of at least 4 members (excludes halogenated alkanes) is 4. The van der Waals surface area contributed by atoms with Gasteiger partial charge in [-0.1, -0.05) is 51.2 Å². The van der Waals surface area contributed by atoms with E-state index in [0.717, 1.165) is 11.9 Å². The van der Waals surface area contributed by atoms with Gasteiger partial charge in [-0.3, -0.25) is 16.3 Å². The van der Waals surface area contributed by atoms with E-state index in [1.807, 2.05) is 12.3 Å². The maximum Gasteiger partial charge on any atom is 0.0702 e. The van der Waals surface area contributed by atoms with E-state index in [1.54, 1.807) is 0 Å². The highest BCUT2D eigenvalue weighted by molar-refractivity contribution is 5.79. The van der Waals surface area contributed by atoms with Crippen LogP contribution in [0.25, 0.3) is 10.9 Å². The van der Waals surface area contributed by atoms with Gasteiger partial charge in [0.05, 0.1) is 5.52 Å². The van der Waals surface area contributed by atoms with Crippen molar-refractivity contribution in [1.82, 2.24) is 10.4 Å². The summed E-state index contributed by atoms with van der Waals surface area (Å²) >= 11 is 0. The van der Waals surface area contributed by atoms with E-state index in [9.17, 15) is 0 Å². The second-order valence-corrected chi connectivity index (χ2v) is 5.38. The Kier molecular flexibility index (Phi) is 5.96. The fourth-order valence-electron chi connectivity index (χ4n) is 2.61. The summed E-state index contributed by atoms with van der Waals surface area (Å²) in [5.74, 6) is 5.72. The molecule has 0 amide bonds. The highest BCUT2D eigenvalue weighted by atomic mass is 15.2. The number of pyridine rings is 1. The molecule has 20 heavy (non-hydrogen) atoms. The number of nitrogens with two attached hydrogens (primary N) is 1. The summed E-state index contributed by atoms with van der Waals surface area (Å²) in [5, 5.41) is 1.18.